The molecule has 1 amide bonds. The van der Waals surface area contributed by atoms with Crippen molar-refractivity contribution in [3.05, 3.63) is 60.3 Å². The molecule has 0 bridgehead atoms. The van der Waals surface area contributed by atoms with Gasteiger partial charge in [0.15, 0.2) is 5.82 Å². The summed E-state index contributed by atoms with van der Waals surface area (Å²) in [4.78, 5) is 21.1. The number of nitrogens with one attached hydrogen (secondary N) is 1. The molecule has 1 aliphatic heterocycles. The fourth-order valence-corrected chi connectivity index (χ4v) is 5.01. The molecule has 1 aliphatic rings. The van der Waals surface area contributed by atoms with Gasteiger partial charge in [0, 0.05) is 18.7 Å². The van der Waals surface area contributed by atoms with E-state index in [4.69, 9.17) is 4.74 Å². The molecule has 4 rings (SSSR count). The monoisotopic (exact) mass is 442 g/mol. The molecule has 3 aromatic rings. The lowest BCUT2D eigenvalue weighted by Crippen LogP contribution is -2.41. The maximum absolute atomic E-state index is 13.2. The van der Waals surface area contributed by atoms with E-state index in [9.17, 15) is 13.2 Å². The Labute approximate surface area is 179 Å². The van der Waals surface area contributed by atoms with Crippen LogP contribution in [0.15, 0.2) is 54.1 Å². The minimum Gasteiger partial charge on any atom is -0.379 e. The predicted octanol–water partition coefficient (Wildman–Crippen LogP) is 1.50. The largest absolute Gasteiger partial charge is 0.379 e. The number of aromatic nitrogens is 4. The topological polar surface area (TPSA) is 119 Å². The molecule has 1 aromatic carbocycles. The number of anilines is 1. The van der Waals surface area contributed by atoms with Crippen LogP contribution in [0.2, 0.25) is 0 Å². The zero-order valence-electron chi connectivity index (χ0n) is 16.9. The van der Waals surface area contributed by atoms with Gasteiger partial charge in [-0.25, -0.2) is 23.1 Å². The predicted molar refractivity (Wildman–Crippen MR) is 113 cm³/mol. The molecule has 0 atom stereocenters. The van der Waals surface area contributed by atoms with Gasteiger partial charge in [-0.2, -0.15) is 9.40 Å². The highest BCUT2D eigenvalue weighted by molar-refractivity contribution is 7.89. The average Bonchev–Trinajstić information content (AvgIpc) is 3.34. The van der Waals surface area contributed by atoms with Gasteiger partial charge in [0.05, 0.1) is 30.0 Å². The number of carbonyl (C=O) groups excluding carboxylic acids is 1. The standard InChI is InChI=1S/C20H22N6O4S/c1-2-15-3-4-16(11-18(15)31(28,29)25-7-9-30-10-8-25)20(27)24-17-5-6-19(22-12-17)26-14-21-13-23-26/h3-6,11-14H,2,7-10H2,1H3,(H,24,27). The highest BCUT2D eigenvalue weighted by Gasteiger charge is 2.29. The fourth-order valence-electron chi connectivity index (χ4n) is 3.28. The molecule has 3 heterocycles. The normalized spacial score (nSPS) is 15.0. The van der Waals surface area contributed by atoms with Crippen molar-refractivity contribution in [3.8, 4) is 5.82 Å². The Kier molecular flexibility index (Phi) is 6.07. The van der Waals surface area contributed by atoms with E-state index in [1.807, 2.05) is 6.92 Å². The molecule has 11 heteroatoms. The van der Waals surface area contributed by atoms with Crippen LogP contribution in [-0.4, -0.2) is 64.7 Å². The number of hydrogen-bond donors (Lipinski definition) is 1. The van der Waals surface area contributed by atoms with E-state index < -0.39 is 15.9 Å². The number of benzene rings is 1. The number of morpholine rings is 1. The van der Waals surface area contributed by atoms with Gasteiger partial charge in [-0.05, 0) is 36.2 Å². The van der Waals surface area contributed by atoms with Crippen LogP contribution in [-0.2, 0) is 21.2 Å². The smallest absolute Gasteiger partial charge is 0.255 e. The summed E-state index contributed by atoms with van der Waals surface area (Å²) in [6.07, 6.45) is 4.96. The molecule has 0 spiro atoms. The molecule has 1 saturated heterocycles. The fraction of sp³-hybridized carbons (Fsp3) is 0.300. The Morgan fingerprint density at radius 2 is 2.00 bits per heavy atom. The van der Waals surface area contributed by atoms with Gasteiger partial charge < -0.3 is 10.1 Å². The molecule has 31 heavy (non-hydrogen) atoms. The van der Waals surface area contributed by atoms with E-state index in [1.165, 1.54) is 33.9 Å². The number of nitrogens with zero attached hydrogens (tertiary/aromatic N) is 5. The van der Waals surface area contributed by atoms with Crippen molar-refractivity contribution in [2.75, 3.05) is 31.6 Å². The quantitative estimate of drug-likeness (QED) is 0.614. The van der Waals surface area contributed by atoms with E-state index in [0.29, 0.717) is 49.8 Å². The lowest BCUT2D eigenvalue weighted by atomic mass is 10.1. The Morgan fingerprint density at radius 3 is 2.65 bits per heavy atom. The summed E-state index contributed by atoms with van der Waals surface area (Å²) in [6, 6.07) is 8.14. The second kappa shape index (κ2) is 8.92. The third-order valence-corrected chi connectivity index (χ3v) is 6.94. The lowest BCUT2D eigenvalue weighted by Gasteiger charge is -2.27. The van der Waals surface area contributed by atoms with E-state index >= 15 is 0 Å². The van der Waals surface area contributed by atoms with E-state index in [-0.39, 0.29) is 10.5 Å². The molecule has 1 N–H and O–H groups in total. The van der Waals surface area contributed by atoms with Gasteiger partial charge in [-0.3, -0.25) is 4.79 Å². The van der Waals surface area contributed by atoms with Crippen LogP contribution in [0.3, 0.4) is 0 Å². The van der Waals surface area contributed by atoms with Gasteiger partial charge in [-0.15, -0.1) is 0 Å². The molecule has 1 fully saturated rings. The van der Waals surface area contributed by atoms with Gasteiger partial charge >= 0.3 is 0 Å². The summed E-state index contributed by atoms with van der Waals surface area (Å²) < 4.78 is 34.5. The molecule has 0 aliphatic carbocycles. The first-order valence-electron chi connectivity index (χ1n) is 9.82. The molecule has 0 saturated carbocycles. The maximum Gasteiger partial charge on any atom is 0.255 e. The number of ether oxygens (including phenoxy) is 1. The Morgan fingerprint density at radius 1 is 1.19 bits per heavy atom. The minimum atomic E-state index is -3.72. The number of amides is 1. The van der Waals surface area contributed by atoms with E-state index in [2.05, 4.69) is 20.4 Å². The minimum absolute atomic E-state index is 0.157. The van der Waals surface area contributed by atoms with Gasteiger partial charge in [-0.1, -0.05) is 13.0 Å². The highest BCUT2D eigenvalue weighted by Crippen LogP contribution is 2.24. The molecular formula is C20H22N6O4S. The lowest BCUT2D eigenvalue weighted by molar-refractivity contribution is 0.0730. The van der Waals surface area contributed by atoms with Gasteiger partial charge in [0.25, 0.3) is 5.91 Å². The van der Waals surface area contributed by atoms with Gasteiger partial charge in [0.1, 0.15) is 12.7 Å². The summed E-state index contributed by atoms with van der Waals surface area (Å²) >= 11 is 0. The number of sulfonamides is 1. The third-order valence-electron chi connectivity index (χ3n) is 4.96. The number of pyridine rings is 1. The van der Waals surface area contributed by atoms with Crippen molar-refractivity contribution >= 4 is 21.6 Å². The molecule has 10 nitrogen and oxygen atoms in total. The Balaban J connectivity index is 1.56. The third kappa shape index (κ3) is 4.48. The first-order valence-corrected chi connectivity index (χ1v) is 11.3. The van der Waals surface area contributed by atoms with Crippen LogP contribution in [0.4, 0.5) is 5.69 Å². The van der Waals surface area contributed by atoms with Crippen LogP contribution < -0.4 is 5.32 Å². The summed E-state index contributed by atoms with van der Waals surface area (Å²) in [7, 11) is -3.72. The summed E-state index contributed by atoms with van der Waals surface area (Å²) in [6.45, 7) is 3.20. The number of rotatable bonds is 6. The van der Waals surface area contributed by atoms with Crippen LogP contribution in [0.5, 0.6) is 0 Å². The molecule has 162 valence electrons. The van der Waals surface area contributed by atoms with E-state index in [0.717, 1.165) is 0 Å². The zero-order valence-corrected chi connectivity index (χ0v) is 17.7. The van der Waals surface area contributed by atoms with Crippen molar-refractivity contribution in [3.63, 3.8) is 0 Å². The molecule has 0 unspecified atom stereocenters. The number of aryl methyl sites for hydroxylation is 1. The highest BCUT2D eigenvalue weighted by atomic mass is 32.2. The zero-order chi connectivity index (χ0) is 21.8. The van der Waals surface area contributed by atoms with Crippen molar-refractivity contribution in [1.82, 2.24) is 24.1 Å². The first kappa shape index (κ1) is 21.1. The molecule has 0 radical (unpaired) electrons. The second-order valence-corrected chi connectivity index (χ2v) is 8.80. The van der Waals surface area contributed by atoms with Crippen molar-refractivity contribution < 1.29 is 17.9 Å². The first-order chi connectivity index (χ1) is 15.0. The van der Waals surface area contributed by atoms with Crippen LogP contribution >= 0.6 is 0 Å². The van der Waals surface area contributed by atoms with Crippen LogP contribution in [0, 0.1) is 0 Å². The maximum atomic E-state index is 13.2. The second-order valence-electron chi connectivity index (χ2n) is 6.89. The molecular weight excluding hydrogens is 420 g/mol. The van der Waals surface area contributed by atoms with Crippen molar-refractivity contribution in [2.45, 2.75) is 18.2 Å². The Hall–Kier alpha value is -3.15. The van der Waals surface area contributed by atoms with Crippen molar-refractivity contribution in [2.24, 2.45) is 0 Å². The van der Waals surface area contributed by atoms with Crippen LogP contribution in [0.1, 0.15) is 22.8 Å². The molecule has 2 aromatic heterocycles. The van der Waals surface area contributed by atoms with Gasteiger partial charge in [0.2, 0.25) is 10.0 Å². The number of hydrogen-bond acceptors (Lipinski definition) is 7. The van der Waals surface area contributed by atoms with Crippen molar-refractivity contribution in [1.29, 1.82) is 0 Å². The Bertz CT molecular complexity index is 1160. The SMILES string of the molecule is CCc1ccc(C(=O)Nc2ccc(-n3cncn3)nc2)cc1S(=O)(=O)N1CCOCC1. The van der Waals surface area contributed by atoms with E-state index in [1.54, 1.807) is 24.3 Å². The van der Waals surface area contributed by atoms with Crippen LogP contribution in [0.25, 0.3) is 5.82 Å². The summed E-state index contributed by atoms with van der Waals surface area (Å²) in [5.41, 5.74) is 1.40. The summed E-state index contributed by atoms with van der Waals surface area (Å²) in [5.74, 6) is 0.137. The number of carbonyl (C=O) groups is 1. The summed E-state index contributed by atoms with van der Waals surface area (Å²) in [5, 5.41) is 6.75. The average molecular weight is 443 g/mol.